The first-order valence-electron chi connectivity index (χ1n) is 10.2. The normalized spacial score (nSPS) is 14.9. The molecule has 31 heavy (non-hydrogen) atoms. The van der Waals surface area contributed by atoms with Gasteiger partial charge in [0.1, 0.15) is 0 Å². The van der Waals surface area contributed by atoms with Gasteiger partial charge in [0, 0.05) is 48.0 Å². The first kappa shape index (κ1) is 20.7. The van der Waals surface area contributed by atoms with Crippen LogP contribution in [0.15, 0.2) is 48.7 Å². The van der Waals surface area contributed by atoms with Crippen LogP contribution in [0.3, 0.4) is 0 Å². The molecule has 0 spiro atoms. The summed E-state index contributed by atoms with van der Waals surface area (Å²) in [5, 5.41) is 20.5. The average Bonchev–Trinajstić information content (AvgIpc) is 3.28. The molecule has 4 heterocycles. The van der Waals surface area contributed by atoms with Crippen LogP contribution < -0.4 is 10.6 Å². The van der Waals surface area contributed by atoms with Gasteiger partial charge in [-0.2, -0.15) is 5.10 Å². The summed E-state index contributed by atoms with van der Waals surface area (Å²) in [5.74, 6) is 0.461. The lowest BCUT2D eigenvalue weighted by Crippen LogP contribution is -2.21. The van der Waals surface area contributed by atoms with Gasteiger partial charge in [0.25, 0.3) is 5.91 Å². The number of aliphatic hydroxyl groups is 1. The first-order valence-corrected chi connectivity index (χ1v) is 10.2. The summed E-state index contributed by atoms with van der Waals surface area (Å²) in [4.78, 5) is 21.4. The molecule has 3 aromatic heterocycles. The van der Waals surface area contributed by atoms with Crippen LogP contribution in [-0.2, 0) is 11.3 Å². The maximum atomic E-state index is 12.7. The van der Waals surface area contributed by atoms with E-state index in [1.807, 2.05) is 38.2 Å². The molecule has 0 saturated heterocycles. The van der Waals surface area contributed by atoms with Gasteiger partial charge in [-0.1, -0.05) is 0 Å². The van der Waals surface area contributed by atoms with Crippen molar-refractivity contribution >= 4 is 23.0 Å². The predicted molar refractivity (Wildman–Crippen MR) is 120 cm³/mol. The summed E-state index contributed by atoms with van der Waals surface area (Å²) >= 11 is 0. The third kappa shape index (κ3) is 4.49. The highest BCUT2D eigenvalue weighted by molar-refractivity contribution is 6.32. The molecule has 3 N–H and O–H groups in total. The van der Waals surface area contributed by atoms with Crippen molar-refractivity contribution in [3.63, 3.8) is 0 Å². The van der Waals surface area contributed by atoms with E-state index in [2.05, 4.69) is 25.7 Å². The van der Waals surface area contributed by atoms with E-state index in [1.165, 1.54) is 0 Å². The van der Waals surface area contributed by atoms with Gasteiger partial charge < -0.3 is 15.7 Å². The third-order valence-corrected chi connectivity index (χ3v) is 5.25. The van der Waals surface area contributed by atoms with Crippen LogP contribution in [0.4, 0.5) is 11.5 Å². The Hall–Kier alpha value is -3.52. The highest BCUT2D eigenvalue weighted by Crippen LogP contribution is 2.36. The molecule has 4 rings (SSSR count). The van der Waals surface area contributed by atoms with Gasteiger partial charge in [-0.05, 0) is 51.8 Å². The number of carbonyl (C=O) groups excluding carboxylic acids is 1. The fourth-order valence-corrected chi connectivity index (χ4v) is 3.52. The highest BCUT2D eigenvalue weighted by atomic mass is 16.3. The molecule has 3 aromatic rings. The van der Waals surface area contributed by atoms with Crippen LogP contribution in [0.2, 0.25) is 0 Å². The van der Waals surface area contributed by atoms with Crippen molar-refractivity contribution in [3.05, 3.63) is 59.8 Å². The van der Waals surface area contributed by atoms with Crippen molar-refractivity contribution in [1.82, 2.24) is 19.7 Å². The molecule has 0 fully saturated rings. The Balaban J connectivity index is 1.62. The summed E-state index contributed by atoms with van der Waals surface area (Å²) in [5.41, 5.74) is 4.75. The molecule has 1 aliphatic heterocycles. The van der Waals surface area contributed by atoms with E-state index < -0.39 is 5.60 Å². The second-order valence-electron chi connectivity index (χ2n) is 8.41. The molecule has 0 unspecified atom stereocenters. The van der Waals surface area contributed by atoms with E-state index in [-0.39, 0.29) is 5.91 Å². The lowest BCUT2D eigenvalue weighted by Gasteiger charge is -2.16. The molecule has 0 radical (unpaired) electrons. The van der Waals surface area contributed by atoms with Crippen LogP contribution in [-0.4, -0.2) is 36.4 Å². The van der Waals surface area contributed by atoms with Crippen molar-refractivity contribution in [2.24, 2.45) is 0 Å². The topological polar surface area (TPSA) is 105 Å². The zero-order valence-corrected chi connectivity index (χ0v) is 18.1. The standard InChI is InChI=1S/C23H26N6O2/c1-14-5-8-24-12-17(14)18-11-16-19(13-25-18)27-22(30)21(16)15(2)26-20-6-9-29(28-20)10-7-23(3,4)31/h5-6,8-9,11-13,31H,7,10H2,1-4H3,(H,26,28)(H,27,30)/b21-15-. The zero-order valence-electron chi connectivity index (χ0n) is 18.1. The van der Waals surface area contributed by atoms with Crippen LogP contribution in [0.25, 0.3) is 16.8 Å². The number of aromatic nitrogens is 4. The lowest BCUT2D eigenvalue weighted by atomic mass is 10.0. The second kappa shape index (κ2) is 7.96. The number of carbonyl (C=O) groups is 1. The quantitative estimate of drug-likeness (QED) is 0.528. The van der Waals surface area contributed by atoms with Crippen LogP contribution >= 0.6 is 0 Å². The predicted octanol–water partition coefficient (Wildman–Crippen LogP) is 3.60. The van der Waals surface area contributed by atoms with Crippen LogP contribution in [0, 0.1) is 6.92 Å². The third-order valence-electron chi connectivity index (χ3n) is 5.25. The van der Waals surface area contributed by atoms with Gasteiger partial charge in [0.05, 0.1) is 28.8 Å². The van der Waals surface area contributed by atoms with Gasteiger partial charge >= 0.3 is 0 Å². The highest BCUT2D eigenvalue weighted by Gasteiger charge is 2.28. The molecule has 1 amide bonds. The summed E-state index contributed by atoms with van der Waals surface area (Å²) < 4.78 is 1.77. The monoisotopic (exact) mass is 418 g/mol. The summed E-state index contributed by atoms with van der Waals surface area (Å²) in [6.45, 7) is 8.01. The van der Waals surface area contributed by atoms with E-state index in [9.17, 15) is 9.90 Å². The van der Waals surface area contributed by atoms with Crippen molar-refractivity contribution in [2.75, 3.05) is 10.6 Å². The SMILES string of the molecule is C/C(Nc1ccn(CCC(C)(C)O)n1)=C1/C(=O)Nc2cnc(-c3cnccc3C)cc21. The van der Waals surface area contributed by atoms with E-state index >= 15 is 0 Å². The van der Waals surface area contributed by atoms with E-state index in [1.54, 1.807) is 37.1 Å². The maximum absolute atomic E-state index is 12.7. The Bertz CT molecular complexity index is 1170. The lowest BCUT2D eigenvalue weighted by molar-refractivity contribution is -0.110. The van der Waals surface area contributed by atoms with Crippen molar-refractivity contribution < 1.29 is 9.90 Å². The molecule has 0 saturated carbocycles. The maximum Gasteiger partial charge on any atom is 0.258 e. The van der Waals surface area contributed by atoms with E-state index in [4.69, 9.17) is 0 Å². The van der Waals surface area contributed by atoms with E-state index in [0.29, 0.717) is 35.7 Å². The number of anilines is 2. The van der Waals surface area contributed by atoms with Gasteiger partial charge in [0.15, 0.2) is 5.82 Å². The number of hydrogen-bond donors (Lipinski definition) is 3. The Morgan fingerprint density at radius 2 is 2.06 bits per heavy atom. The molecule has 0 aliphatic carbocycles. The Morgan fingerprint density at radius 1 is 1.26 bits per heavy atom. The number of rotatable bonds is 6. The molecule has 0 aromatic carbocycles. The number of amides is 1. The molecule has 1 aliphatic rings. The second-order valence-corrected chi connectivity index (χ2v) is 8.41. The zero-order chi connectivity index (χ0) is 22.2. The molecule has 8 heteroatoms. The molecule has 160 valence electrons. The number of nitrogens with one attached hydrogen (secondary N) is 2. The number of pyridine rings is 2. The minimum atomic E-state index is -0.749. The van der Waals surface area contributed by atoms with E-state index in [0.717, 1.165) is 22.4 Å². The van der Waals surface area contributed by atoms with Crippen molar-refractivity contribution in [3.8, 4) is 11.3 Å². The number of fused-ring (bicyclic) bond motifs is 1. The number of allylic oxidation sites excluding steroid dienone is 1. The number of nitrogens with zero attached hydrogens (tertiary/aromatic N) is 4. The molecular weight excluding hydrogens is 392 g/mol. The van der Waals surface area contributed by atoms with Gasteiger partial charge in [-0.3, -0.25) is 19.4 Å². The van der Waals surface area contributed by atoms with Crippen molar-refractivity contribution in [1.29, 1.82) is 0 Å². The fourth-order valence-electron chi connectivity index (χ4n) is 3.52. The van der Waals surface area contributed by atoms with Gasteiger partial charge in [-0.15, -0.1) is 0 Å². The molecule has 8 nitrogen and oxygen atoms in total. The van der Waals surface area contributed by atoms with Crippen LogP contribution in [0.5, 0.6) is 0 Å². The van der Waals surface area contributed by atoms with Crippen molar-refractivity contribution in [2.45, 2.75) is 46.3 Å². The number of aryl methyl sites for hydroxylation is 2. The summed E-state index contributed by atoms with van der Waals surface area (Å²) in [7, 11) is 0. The minimum Gasteiger partial charge on any atom is -0.390 e. The van der Waals surface area contributed by atoms with Gasteiger partial charge in [-0.25, -0.2) is 0 Å². The Kier molecular flexibility index (Phi) is 5.32. The summed E-state index contributed by atoms with van der Waals surface area (Å²) in [6.07, 6.45) is 7.65. The Labute approximate surface area is 181 Å². The largest absolute Gasteiger partial charge is 0.390 e. The number of hydrogen-bond acceptors (Lipinski definition) is 6. The molecular formula is C23H26N6O2. The Morgan fingerprint density at radius 3 is 2.81 bits per heavy atom. The van der Waals surface area contributed by atoms with Crippen LogP contribution in [0.1, 0.15) is 38.3 Å². The molecule has 0 atom stereocenters. The minimum absolute atomic E-state index is 0.177. The molecule has 0 bridgehead atoms. The average molecular weight is 419 g/mol. The summed E-state index contributed by atoms with van der Waals surface area (Å²) in [6, 6.07) is 5.70. The smallest absolute Gasteiger partial charge is 0.258 e. The van der Waals surface area contributed by atoms with Gasteiger partial charge in [0.2, 0.25) is 0 Å². The first-order chi connectivity index (χ1) is 14.7. The fraction of sp³-hybridized carbons (Fsp3) is 0.304.